The highest BCUT2D eigenvalue weighted by Crippen LogP contribution is 2.29. The van der Waals surface area contributed by atoms with E-state index in [1.807, 2.05) is 24.3 Å². The first-order valence-corrected chi connectivity index (χ1v) is 7.37. The Labute approximate surface area is 126 Å². The molecule has 1 aliphatic rings. The van der Waals surface area contributed by atoms with Crippen LogP contribution in [0.15, 0.2) is 41.2 Å². The van der Waals surface area contributed by atoms with Crippen LogP contribution in [0, 0.1) is 0 Å². The molecule has 5 nitrogen and oxygen atoms in total. The topological polar surface area (TPSA) is 68.2 Å². The zero-order valence-electron chi connectivity index (χ0n) is 12.1. The van der Waals surface area contributed by atoms with Gasteiger partial charge in [0.15, 0.2) is 0 Å². The van der Waals surface area contributed by atoms with Crippen molar-refractivity contribution < 1.29 is 9.84 Å². The van der Waals surface area contributed by atoms with Crippen molar-refractivity contribution in [2.75, 3.05) is 31.2 Å². The molecule has 3 N–H and O–H groups in total. The van der Waals surface area contributed by atoms with Gasteiger partial charge in [0.2, 0.25) is 5.43 Å². The van der Waals surface area contributed by atoms with E-state index in [4.69, 9.17) is 9.84 Å². The number of morpholine rings is 1. The summed E-state index contributed by atoms with van der Waals surface area (Å²) in [5, 5.41) is 9.34. The van der Waals surface area contributed by atoms with Crippen molar-refractivity contribution in [3.05, 3.63) is 46.6 Å². The average molecular weight is 297 g/mol. The Hall–Kier alpha value is -2.53. The molecule has 112 valence electrons. The zero-order valence-corrected chi connectivity index (χ0v) is 12.1. The molecule has 1 fully saturated rings. The number of hydrogen-bond donors (Lipinski definition) is 1. The van der Waals surface area contributed by atoms with Crippen molar-refractivity contribution in [1.29, 1.82) is 0 Å². The molecule has 0 saturated carbocycles. The summed E-state index contributed by atoms with van der Waals surface area (Å²) < 4.78 is 5.37. The maximum atomic E-state index is 12.6. The minimum Gasteiger partial charge on any atom is -0.593 e. The van der Waals surface area contributed by atoms with Gasteiger partial charge in [-0.3, -0.25) is 4.79 Å². The molecule has 0 aliphatic carbocycles. The lowest BCUT2D eigenvalue weighted by molar-refractivity contribution is 0.122. The number of nitrogens with zero attached hydrogens (tertiary/aromatic N) is 1. The van der Waals surface area contributed by atoms with Crippen molar-refractivity contribution in [1.82, 2.24) is 4.98 Å². The van der Waals surface area contributed by atoms with E-state index >= 15 is 0 Å². The summed E-state index contributed by atoms with van der Waals surface area (Å²) in [6, 6.07) is 11.2. The monoisotopic (exact) mass is 297 g/mol. The van der Waals surface area contributed by atoms with Crippen molar-refractivity contribution in [2.45, 2.75) is 0 Å². The van der Waals surface area contributed by atoms with Gasteiger partial charge < -0.3 is 19.7 Å². The normalized spacial score (nSPS) is 15.5. The van der Waals surface area contributed by atoms with Crippen LogP contribution in [0.25, 0.3) is 21.8 Å². The summed E-state index contributed by atoms with van der Waals surface area (Å²) in [7, 11) is 0. The summed E-state index contributed by atoms with van der Waals surface area (Å²) in [5.41, 5.74) is 2.41. The highest BCUT2D eigenvalue weighted by atomic mass is 16.5. The Balaban J connectivity index is 1.97. The molecule has 0 spiro atoms. The van der Waals surface area contributed by atoms with E-state index in [0.717, 1.165) is 29.8 Å². The first-order chi connectivity index (χ1) is 10.7. The smallest absolute Gasteiger partial charge is 0.269 e. The predicted octanol–water partition coefficient (Wildman–Crippen LogP) is 1.96. The van der Waals surface area contributed by atoms with Gasteiger partial charge in [0.1, 0.15) is 5.39 Å². The third-order valence-corrected chi connectivity index (χ3v) is 4.17. The molecule has 3 aromatic rings. The minimum atomic E-state index is -0.0807. The number of benzene rings is 2. The molecule has 1 aromatic heterocycles. The van der Waals surface area contributed by atoms with Gasteiger partial charge in [-0.05, 0) is 18.2 Å². The van der Waals surface area contributed by atoms with Crippen molar-refractivity contribution in [2.24, 2.45) is 0 Å². The molecule has 2 heterocycles. The van der Waals surface area contributed by atoms with Crippen molar-refractivity contribution >= 4 is 27.5 Å². The largest absolute Gasteiger partial charge is 0.593 e. The number of H-pyrrole nitrogens is 1. The van der Waals surface area contributed by atoms with E-state index in [1.165, 1.54) is 0 Å². The molecular weight excluding hydrogens is 280 g/mol. The number of para-hydroxylation sites is 1. The van der Waals surface area contributed by atoms with E-state index in [1.54, 1.807) is 12.1 Å². The van der Waals surface area contributed by atoms with Crippen LogP contribution >= 0.6 is 0 Å². The molecular formula is C17H17N2O3+. The average Bonchev–Trinajstić information content (AvgIpc) is 2.55. The quantitative estimate of drug-likeness (QED) is 0.551. The highest BCUT2D eigenvalue weighted by molar-refractivity contribution is 5.97. The van der Waals surface area contributed by atoms with Crippen LogP contribution < -0.4 is 10.3 Å². The fraction of sp³-hybridized carbons (Fsp3) is 0.235. The third kappa shape index (κ3) is 2.02. The maximum Gasteiger partial charge on any atom is 0.269 e. The van der Waals surface area contributed by atoms with Crippen LogP contribution in [-0.2, 0) is 4.74 Å². The molecule has 0 atom stereocenters. The molecule has 1 saturated heterocycles. The van der Waals surface area contributed by atoms with Crippen LogP contribution in [-0.4, -0.2) is 36.4 Å². The SMILES string of the molecule is O=c1c2ccccc2[nH]c2cc(N3CCOCC3)cc([OH2+])c12. The van der Waals surface area contributed by atoms with Crippen LogP contribution in [0.5, 0.6) is 5.75 Å². The van der Waals surface area contributed by atoms with E-state index < -0.39 is 0 Å². The van der Waals surface area contributed by atoms with E-state index in [0.29, 0.717) is 24.0 Å². The number of pyridine rings is 1. The number of ether oxygens (including phenoxy) is 1. The maximum absolute atomic E-state index is 12.6. The van der Waals surface area contributed by atoms with Gasteiger partial charge in [-0.2, -0.15) is 0 Å². The van der Waals surface area contributed by atoms with E-state index in [-0.39, 0.29) is 11.2 Å². The summed E-state index contributed by atoms with van der Waals surface area (Å²) in [5.74, 6) is 0.269. The fourth-order valence-corrected chi connectivity index (χ4v) is 3.04. The summed E-state index contributed by atoms with van der Waals surface area (Å²) >= 11 is 0. The second-order valence-electron chi connectivity index (χ2n) is 5.52. The van der Waals surface area contributed by atoms with Gasteiger partial charge in [0, 0.05) is 29.7 Å². The van der Waals surface area contributed by atoms with Gasteiger partial charge in [-0.25, -0.2) is 0 Å². The first kappa shape index (κ1) is 13.2. The van der Waals surface area contributed by atoms with Crippen LogP contribution in [0.4, 0.5) is 5.69 Å². The molecule has 0 unspecified atom stereocenters. The summed E-state index contributed by atoms with van der Waals surface area (Å²) in [4.78, 5) is 18.1. The standard InChI is InChI=1S/C17H16N2O3/c20-15-10-11(19-5-7-22-8-6-19)9-14-16(15)17(21)12-3-1-2-4-13(12)18-14/h1-4,9-10,20H,5-8H2,(H,18,21)/p+1. The first-order valence-electron chi connectivity index (χ1n) is 7.37. The number of hydrogen-bond acceptors (Lipinski definition) is 3. The van der Waals surface area contributed by atoms with Gasteiger partial charge in [0.05, 0.1) is 24.8 Å². The molecule has 0 bridgehead atoms. The van der Waals surface area contributed by atoms with Gasteiger partial charge in [-0.1, -0.05) is 12.1 Å². The lowest BCUT2D eigenvalue weighted by atomic mass is 10.1. The molecule has 22 heavy (non-hydrogen) atoms. The number of anilines is 1. The van der Waals surface area contributed by atoms with E-state index in [2.05, 4.69) is 9.88 Å². The fourth-order valence-electron chi connectivity index (χ4n) is 3.04. The highest BCUT2D eigenvalue weighted by Gasteiger charge is 2.18. The number of aromatic amines is 1. The van der Waals surface area contributed by atoms with Gasteiger partial charge >= 0.3 is 0 Å². The zero-order chi connectivity index (χ0) is 15.1. The predicted molar refractivity (Wildman–Crippen MR) is 88.2 cm³/mol. The third-order valence-electron chi connectivity index (χ3n) is 4.17. The Morgan fingerprint density at radius 3 is 2.68 bits per heavy atom. The van der Waals surface area contributed by atoms with Crippen molar-refractivity contribution in [3.63, 3.8) is 0 Å². The number of fused-ring (bicyclic) bond motifs is 2. The Bertz CT molecular complexity index is 911. The Kier molecular flexibility index (Phi) is 3.01. The molecule has 1 aliphatic heterocycles. The molecule has 0 amide bonds. The Morgan fingerprint density at radius 1 is 1.09 bits per heavy atom. The second-order valence-corrected chi connectivity index (χ2v) is 5.52. The number of rotatable bonds is 1. The summed E-state index contributed by atoms with van der Waals surface area (Å²) in [6.07, 6.45) is 0. The second kappa shape index (κ2) is 5.03. The molecule has 2 aromatic carbocycles. The molecule has 4 rings (SSSR count). The van der Waals surface area contributed by atoms with Crippen LogP contribution in [0.3, 0.4) is 0 Å². The number of aromatic nitrogens is 1. The molecule has 0 radical (unpaired) electrons. The lowest BCUT2D eigenvalue weighted by Crippen LogP contribution is -2.36. The van der Waals surface area contributed by atoms with E-state index in [9.17, 15) is 4.79 Å². The van der Waals surface area contributed by atoms with Crippen LogP contribution in [0.1, 0.15) is 0 Å². The summed E-state index contributed by atoms with van der Waals surface area (Å²) in [6.45, 7) is 3.00. The van der Waals surface area contributed by atoms with Crippen LogP contribution in [0.2, 0.25) is 0 Å². The lowest BCUT2D eigenvalue weighted by Gasteiger charge is -2.28. The van der Waals surface area contributed by atoms with Gasteiger partial charge in [0.25, 0.3) is 5.75 Å². The minimum absolute atomic E-state index is 0.0807. The van der Waals surface area contributed by atoms with Crippen molar-refractivity contribution in [3.8, 4) is 5.75 Å². The van der Waals surface area contributed by atoms with Gasteiger partial charge in [-0.15, -0.1) is 0 Å². The Morgan fingerprint density at radius 2 is 1.86 bits per heavy atom. The molecule has 5 heteroatoms. The number of nitrogens with one attached hydrogen (secondary N) is 1.